The number of ether oxygens (including phenoxy) is 2. The third-order valence-corrected chi connectivity index (χ3v) is 4.02. The second kappa shape index (κ2) is 7.44. The summed E-state index contributed by atoms with van der Waals surface area (Å²) in [6, 6.07) is 2.16. The van der Waals surface area contributed by atoms with Gasteiger partial charge in [-0.15, -0.1) is 10.2 Å². The van der Waals surface area contributed by atoms with Crippen LogP contribution in [0.25, 0.3) is 5.65 Å². The maximum atomic E-state index is 12.4. The molecule has 2 aromatic rings. The van der Waals surface area contributed by atoms with Gasteiger partial charge in [0.25, 0.3) is 0 Å². The molecule has 1 atom stereocenters. The van der Waals surface area contributed by atoms with E-state index in [0.717, 1.165) is 0 Å². The highest BCUT2D eigenvalue weighted by Gasteiger charge is 2.30. The van der Waals surface area contributed by atoms with Crippen LogP contribution in [0.5, 0.6) is 0 Å². The van der Waals surface area contributed by atoms with Crippen molar-refractivity contribution in [2.75, 3.05) is 13.2 Å². The van der Waals surface area contributed by atoms with Gasteiger partial charge < -0.3 is 20.1 Å². The number of urea groups is 1. The normalized spacial score (nSPS) is 16.7. The van der Waals surface area contributed by atoms with Gasteiger partial charge in [-0.2, -0.15) is 0 Å². The minimum atomic E-state index is -0.610. The number of nitrogens with one attached hydrogen (secondary N) is 2. The summed E-state index contributed by atoms with van der Waals surface area (Å²) in [6.45, 7) is 5.01. The maximum absolute atomic E-state index is 12.4. The summed E-state index contributed by atoms with van der Waals surface area (Å²) in [5.74, 6) is -0.558. The van der Waals surface area contributed by atoms with E-state index in [0.29, 0.717) is 11.5 Å². The molecule has 0 saturated carbocycles. The standard InChI is InChI=1S/C17H19N5O5/c1-4-26-16(24)14-9(2)18-17(25)19-12(14)8-27-15(23)11-5-6-13-21-20-10(3)22(13)7-11/h5-7,9H,4,8H2,1-3H3,(H2,18,19,25). The molecular formula is C17H19N5O5. The van der Waals surface area contributed by atoms with E-state index in [1.165, 1.54) is 0 Å². The molecular weight excluding hydrogens is 354 g/mol. The van der Waals surface area contributed by atoms with Crippen molar-refractivity contribution in [3.8, 4) is 0 Å². The van der Waals surface area contributed by atoms with E-state index in [4.69, 9.17) is 9.47 Å². The number of aromatic nitrogens is 3. The van der Waals surface area contributed by atoms with Gasteiger partial charge in [-0.1, -0.05) is 0 Å². The number of pyridine rings is 1. The number of hydrogen-bond acceptors (Lipinski definition) is 7. The minimum absolute atomic E-state index is 0.189. The van der Waals surface area contributed by atoms with E-state index in [-0.39, 0.29) is 30.0 Å². The molecule has 1 aliphatic heterocycles. The molecule has 2 aromatic heterocycles. The highest BCUT2D eigenvalue weighted by atomic mass is 16.5. The van der Waals surface area contributed by atoms with E-state index < -0.39 is 24.0 Å². The van der Waals surface area contributed by atoms with E-state index in [2.05, 4.69) is 20.8 Å². The Balaban J connectivity index is 1.80. The van der Waals surface area contributed by atoms with Crippen molar-refractivity contribution >= 4 is 23.6 Å². The average Bonchev–Trinajstić information content (AvgIpc) is 2.99. The predicted molar refractivity (Wildman–Crippen MR) is 92.8 cm³/mol. The number of carbonyl (C=O) groups is 3. The summed E-state index contributed by atoms with van der Waals surface area (Å²) >= 11 is 0. The zero-order valence-corrected chi connectivity index (χ0v) is 15.1. The summed E-state index contributed by atoms with van der Waals surface area (Å²) in [5.41, 5.74) is 1.31. The Kier molecular flexibility index (Phi) is 5.06. The van der Waals surface area contributed by atoms with Gasteiger partial charge in [0.05, 0.1) is 29.5 Å². The molecule has 1 aliphatic rings. The first-order chi connectivity index (χ1) is 12.9. The fourth-order valence-electron chi connectivity index (χ4n) is 2.74. The Morgan fingerprint density at radius 2 is 2.00 bits per heavy atom. The molecule has 2 amide bonds. The molecule has 27 heavy (non-hydrogen) atoms. The SMILES string of the molecule is CCOC(=O)C1=C(COC(=O)c2ccc3nnc(C)n3c2)NC(=O)NC1C. The number of carbonyl (C=O) groups excluding carboxylic acids is 3. The zero-order valence-electron chi connectivity index (χ0n) is 15.1. The summed E-state index contributed by atoms with van der Waals surface area (Å²) in [5, 5.41) is 13.0. The van der Waals surface area contributed by atoms with Crippen molar-refractivity contribution in [2.24, 2.45) is 0 Å². The first kappa shape index (κ1) is 18.4. The Hall–Kier alpha value is -3.43. The zero-order chi connectivity index (χ0) is 19.6. The van der Waals surface area contributed by atoms with Crippen LogP contribution >= 0.6 is 0 Å². The molecule has 3 rings (SSSR count). The van der Waals surface area contributed by atoms with Crippen LogP contribution in [-0.2, 0) is 14.3 Å². The lowest BCUT2D eigenvalue weighted by Gasteiger charge is -2.26. The van der Waals surface area contributed by atoms with Crippen LogP contribution in [0.2, 0.25) is 0 Å². The van der Waals surface area contributed by atoms with Gasteiger partial charge >= 0.3 is 18.0 Å². The molecule has 0 radical (unpaired) electrons. The lowest BCUT2D eigenvalue weighted by molar-refractivity contribution is -0.139. The minimum Gasteiger partial charge on any atom is -0.463 e. The molecule has 0 aliphatic carbocycles. The van der Waals surface area contributed by atoms with Gasteiger partial charge in [0.2, 0.25) is 0 Å². The third-order valence-electron chi connectivity index (χ3n) is 4.02. The Morgan fingerprint density at radius 3 is 2.74 bits per heavy atom. The van der Waals surface area contributed by atoms with Crippen molar-refractivity contribution in [1.82, 2.24) is 25.2 Å². The van der Waals surface area contributed by atoms with Gasteiger partial charge in [-0.05, 0) is 32.9 Å². The quantitative estimate of drug-likeness (QED) is 0.740. The summed E-state index contributed by atoms with van der Waals surface area (Å²) in [7, 11) is 0. The number of fused-ring (bicyclic) bond motifs is 1. The van der Waals surface area contributed by atoms with Gasteiger partial charge in [0.15, 0.2) is 5.65 Å². The fourth-order valence-corrected chi connectivity index (χ4v) is 2.74. The van der Waals surface area contributed by atoms with Crippen LogP contribution < -0.4 is 10.6 Å². The van der Waals surface area contributed by atoms with Crippen LogP contribution in [0, 0.1) is 6.92 Å². The highest BCUT2D eigenvalue weighted by molar-refractivity contribution is 5.95. The summed E-state index contributed by atoms with van der Waals surface area (Å²) in [6.07, 6.45) is 1.57. The summed E-state index contributed by atoms with van der Waals surface area (Å²) in [4.78, 5) is 36.3. The number of nitrogens with zero attached hydrogens (tertiary/aromatic N) is 3. The molecule has 0 fully saturated rings. The fraction of sp³-hybridized carbons (Fsp3) is 0.353. The second-order valence-electron chi connectivity index (χ2n) is 5.90. The van der Waals surface area contributed by atoms with Crippen LogP contribution in [0.3, 0.4) is 0 Å². The van der Waals surface area contributed by atoms with Crippen LogP contribution in [0.15, 0.2) is 29.6 Å². The maximum Gasteiger partial charge on any atom is 0.340 e. The molecule has 0 saturated heterocycles. The number of aryl methyl sites for hydroxylation is 1. The van der Waals surface area contributed by atoms with Crippen LogP contribution in [0.4, 0.5) is 4.79 Å². The van der Waals surface area contributed by atoms with Crippen molar-refractivity contribution in [2.45, 2.75) is 26.8 Å². The van der Waals surface area contributed by atoms with Crippen LogP contribution in [0.1, 0.15) is 30.0 Å². The van der Waals surface area contributed by atoms with Crippen molar-refractivity contribution in [1.29, 1.82) is 0 Å². The monoisotopic (exact) mass is 373 g/mol. The summed E-state index contributed by atoms with van der Waals surface area (Å²) < 4.78 is 12.0. The topological polar surface area (TPSA) is 124 Å². The first-order valence-electron chi connectivity index (χ1n) is 8.37. The Bertz CT molecular complexity index is 948. The van der Waals surface area contributed by atoms with E-state index in [1.807, 2.05) is 0 Å². The number of esters is 2. The van der Waals surface area contributed by atoms with Gasteiger partial charge in [-0.25, -0.2) is 14.4 Å². The van der Waals surface area contributed by atoms with Crippen LogP contribution in [-0.4, -0.2) is 51.8 Å². The molecule has 3 heterocycles. The number of hydrogen-bond donors (Lipinski definition) is 2. The molecule has 0 bridgehead atoms. The van der Waals surface area contributed by atoms with Crippen molar-refractivity contribution in [3.05, 3.63) is 41.0 Å². The molecule has 10 nitrogen and oxygen atoms in total. The second-order valence-corrected chi connectivity index (χ2v) is 5.90. The molecule has 0 aromatic carbocycles. The Morgan fingerprint density at radius 1 is 1.22 bits per heavy atom. The van der Waals surface area contributed by atoms with E-state index in [1.54, 1.807) is 43.5 Å². The lowest BCUT2D eigenvalue weighted by Crippen LogP contribution is -2.50. The van der Waals surface area contributed by atoms with E-state index >= 15 is 0 Å². The van der Waals surface area contributed by atoms with Crippen molar-refractivity contribution < 1.29 is 23.9 Å². The largest absolute Gasteiger partial charge is 0.463 e. The third kappa shape index (κ3) is 3.73. The molecule has 10 heteroatoms. The number of amides is 2. The molecule has 0 spiro atoms. The van der Waals surface area contributed by atoms with Gasteiger partial charge in [-0.3, -0.25) is 4.40 Å². The van der Waals surface area contributed by atoms with Gasteiger partial charge in [0.1, 0.15) is 12.4 Å². The Labute approximate surface area is 154 Å². The lowest BCUT2D eigenvalue weighted by atomic mass is 10.0. The smallest absolute Gasteiger partial charge is 0.340 e. The molecule has 2 N–H and O–H groups in total. The highest BCUT2D eigenvalue weighted by Crippen LogP contribution is 2.15. The first-order valence-corrected chi connectivity index (χ1v) is 8.37. The molecule has 1 unspecified atom stereocenters. The predicted octanol–water partition coefficient (Wildman–Crippen LogP) is 0.713. The van der Waals surface area contributed by atoms with Crippen molar-refractivity contribution in [3.63, 3.8) is 0 Å². The average molecular weight is 373 g/mol. The molecule has 142 valence electrons. The van der Waals surface area contributed by atoms with E-state index in [9.17, 15) is 14.4 Å². The number of rotatable bonds is 5. The van der Waals surface area contributed by atoms with Gasteiger partial charge in [0, 0.05) is 6.20 Å².